The van der Waals surface area contributed by atoms with Crippen LogP contribution in [0.1, 0.15) is 6.92 Å². The highest BCUT2D eigenvalue weighted by molar-refractivity contribution is 4.88. The molecule has 0 aliphatic rings. The van der Waals surface area contributed by atoms with Crippen LogP contribution in [0.4, 0.5) is 0 Å². The van der Waals surface area contributed by atoms with Crippen molar-refractivity contribution in [2.45, 2.75) is 6.92 Å². The molecule has 0 amide bonds. The van der Waals surface area contributed by atoms with Gasteiger partial charge in [-0.15, -0.1) is 0 Å². The summed E-state index contributed by atoms with van der Waals surface area (Å²) in [5, 5.41) is 0. The molecule has 0 heterocycles. The van der Waals surface area contributed by atoms with E-state index < -0.39 is 0 Å². The van der Waals surface area contributed by atoms with Gasteiger partial charge in [0, 0.05) is 5.70 Å². The number of rotatable bonds is 3. The lowest BCUT2D eigenvalue weighted by Crippen LogP contribution is -2.02. The van der Waals surface area contributed by atoms with E-state index in [9.17, 15) is 0 Å². The highest BCUT2D eigenvalue weighted by Crippen LogP contribution is 1.90. The largest absolute Gasteiger partial charge is 0.493 e. The molecular formula is C6H11NO. The second kappa shape index (κ2) is 3.13. The molecule has 0 aromatic rings. The van der Waals surface area contributed by atoms with Crippen molar-refractivity contribution in [3.05, 3.63) is 24.6 Å². The maximum Gasteiger partial charge on any atom is 0.126 e. The first-order valence-corrected chi connectivity index (χ1v) is 2.34. The van der Waals surface area contributed by atoms with Crippen LogP contribution in [0.5, 0.6) is 0 Å². The predicted octanol–water partition coefficient (Wildman–Crippen LogP) is 1.01. The summed E-state index contributed by atoms with van der Waals surface area (Å²) in [7, 11) is 0. The monoisotopic (exact) mass is 113 g/mol. The van der Waals surface area contributed by atoms with Gasteiger partial charge in [0.25, 0.3) is 0 Å². The van der Waals surface area contributed by atoms with Crippen molar-refractivity contribution < 1.29 is 4.74 Å². The van der Waals surface area contributed by atoms with Crippen molar-refractivity contribution in [1.29, 1.82) is 0 Å². The number of nitrogens with two attached hydrogens (primary N) is 1. The van der Waals surface area contributed by atoms with Crippen LogP contribution < -0.4 is 5.73 Å². The summed E-state index contributed by atoms with van der Waals surface area (Å²) in [4.78, 5) is 0. The van der Waals surface area contributed by atoms with Crippen molar-refractivity contribution in [3.63, 3.8) is 0 Å². The Balaban J connectivity index is 3.18. The molecule has 2 heteroatoms. The molecule has 0 saturated carbocycles. The van der Waals surface area contributed by atoms with Crippen LogP contribution in [0.15, 0.2) is 24.6 Å². The van der Waals surface area contributed by atoms with Gasteiger partial charge in [0.05, 0.1) is 5.76 Å². The highest BCUT2D eigenvalue weighted by Gasteiger charge is 1.84. The zero-order chi connectivity index (χ0) is 6.57. The van der Waals surface area contributed by atoms with Gasteiger partial charge in [0.2, 0.25) is 0 Å². The minimum Gasteiger partial charge on any atom is -0.493 e. The van der Waals surface area contributed by atoms with Crippen molar-refractivity contribution in [1.82, 2.24) is 0 Å². The fraction of sp³-hybridized carbons (Fsp3) is 0.333. The minimum absolute atomic E-state index is 0.370. The molecule has 0 unspecified atom stereocenters. The maximum absolute atomic E-state index is 5.18. The Morgan fingerprint density at radius 1 is 1.62 bits per heavy atom. The second-order valence-corrected chi connectivity index (χ2v) is 1.65. The summed E-state index contributed by atoms with van der Waals surface area (Å²) in [5.41, 5.74) is 5.70. The standard InChI is InChI=1S/C6H11NO/c1-5(2)8-4-6(3)7/h1,3-4,7H2,2H3. The van der Waals surface area contributed by atoms with E-state index >= 15 is 0 Å². The third-order valence-corrected chi connectivity index (χ3v) is 0.504. The van der Waals surface area contributed by atoms with Gasteiger partial charge in [-0.05, 0) is 6.92 Å². The van der Waals surface area contributed by atoms with Gasteiger partial charge >= 0.3 is 0 Å². The van der Waals surface area contributed by atoms with E-state index in [0.29, 0.717) is 18.1 Å². The molecule has 2 N–H and O–H groups in total. The first-order chi connectivity index (χ1) is 3.63. The van der Waals surface area contributed by atoms with Gasteiger partial charge in [-0.3, -0.25) is 0 Å². The third kappa shape index (κ3) is 5.08. The summed E-state index contributed by atoms with van der Waals surface area (Å²) in [6.45, 7) is 9.08. The van der Waals surface area contributed by atoms with Crippen LogP contribution in [-0.2, 0) is 4.74 Å². The third-order valence-electron chi connectivity index (χ3n) is 0.504. The van der Waals surface area contributed by atoms with Crippen LogP contribution in [0.2, 0.25) is 0 Å². The van der Waals surface area contributed by atoms with Crippen LogP contribution in [-0.4, -0.2) is 6.61 Å². The molecule has 0 saturated heterocycles. The average Bonchev–Trinajstić information content (AvgIpc) is 1.61. The molecule has 0 aromatic carbocycles. The van der Waals surface area contributed by atoms with Crippen LogP contribution in [0, 0.1) is 0 Å². The Hall–Kier alpha value is -0.920. The number of hydrogen-bond acceptors (Lipinski definition) is 2. The van der Waals surface area contributed by atoms with Gasteiger partial charge in [0.1, 0.15) is 6.61 Å². The topological polar surface area (TPSA) is 35.2 Å². The second-order valence-electron chi connectivity index (χ2n) is 1.65. The van der Waals surface area contributed by atoms with Crippen molar-refractivity contribution in [2.24, 2.45) is 5.73 Å². The van der Waals surface area contributed by atoms with Gasteiger partial charge in [0.15, 0.2) is 0 Å². The summed E-state index contributed by atoms with van der Waals surface area (Å²) < 4.78 is 4.88. The SMILES string of the molecule is C=C(N)COC(=C)C. The molecule has 0 aliphatic heterocycles. The number of hydrogen-bond donors (Lipinski definition) is 1. The summed E-state index contributed by atoms with van der Waals surface area (Å²) in [6.07, 6.45) is 0. The Morgan fingerprint density at radius 3 is 2.25 bits per heavy atom. The van der Waals surface area contributed by atoms with E-state index in [-0.39, 0.29) is 0 Å². The van der Waals surface area contributed by atoms with Crippen LogP contribution in [0.25, 0.3) is 0 Å². The quantitative estimate of drug-likeness (QED) is 0.554. The Morgan fingerprint density at radius 2 is 2.12 bits per heavy atom. The molecule has 46 valence electrons. The van der Waals surface area contributed by atoms with Gasteiger partial charge < -0.3 is 10.5 Å². The summed E-state index contributed by atoms with van der Waals surface area (Å²) in [5.74, 6) is 0.664. The number of ether oxygens (including phenoxy) is 1. The lowest BCUT2D eigenvalue weighted by Gasteiger charge is -2.01. The molecular weight excluding hydrogens is 102 g/mol. The smallest absolute Gasteiger partial charge is 0.126 e. The zero-order valence-electron chi connectivity index (χ0n) is 5.11. The molecule has 0 rings (SSSR count). The minimum atomic E-state index is 0.370. The predicted molar refractivity (Wildman–Crippen MR) is 34.1 cm³/mol. The molecule has 0 bridgehead atoms. The van der Waals surface area contributed by atoms with Crippen molar-refractivity contribution in [3.8, 4) is 0 Å². The Labute approximate surface area is 49.6 Å². The van der Waals surface area contributed by atoms with E-state index in [1.54, 1.807) is 6.92 Å². The molecule has 0 fully saturated rings. The molecule has 0 spiro atoms. The molecule has 0 aliphatic carbocycles. The van der Waals surface area contributed by atoms with Gasteiger partial charge in [-0.25, -0.2) is 0 Å². The summed E-state index contributed by atoms with van der Waals surface area (Å²) in [6, 6.07) is 0. The van der Waals surface area contributed by atoms with Crippen LogP contribution in [0.3, 0.4) is 0 Å². The number of allylic oxidation sites excluding steroid dienone is 1. The molecule has 0 radical (unpaired) electrons. The molecule has 2 nitrogen and oxygen atoms in total. The molecule has 0 aromatic heterocycles. The lowest BCUT2D eigenvalue weighted by molar-refractivity contribution is 0.242. The first kappa shape index (κ1) is 7.08. The molecule has 0 atom stereocenters. The van der Waals surface area contributed by atoms with E-state index in [1.165, 1.54) is 0 Å². The van der Waals surface area contributed by atoms with Gasteiger partial charge in [-0.2, -0.15) is 0 Å². The average molecular weight is 113 g/mol. The Bertz CT molecular complexity index is 93.1. The van der Waals surface area contributed by atoms with Gasteiger partial charge in [-0.1, -0.05) is 13.2 Å². The fourth-order valence-electron chi connectivity index (χ4n) is 0.216. The maximum atomic E-state index is 5.18. The van der Waals surface area contributed by atoms with Crippen LogP contribution >= 0.6 is 0 Å². The molecule has 8 heavy (non-hydrogen) atoms. The van der Waals surface area contributed by atoms with E-state index in [2.05, 4.69) is 13.2 Å². The zero-order valence-corrected chi connectivity index (χ0v) is 5.11. The highest BCUT2D eigenvalue weighted by atomic mass is 16.5. The Kier molecular flexibility index (Phi) is 2.77. The summed E-state index contributed by atoms with van der Waals surface area (Å²) >= 11 is 0. The fourth-order valence-corrected chi connectivity index (χ4v) is 0.216. The van der Waals surface area contributed by atoms with E-state index in [0.717, 1.165) is 0 Å². The van der Waals surface area contributed by atoms with E-state index in [1.807, 2.05) is 0 Å². The lowest BCUT2D eigenvalue weighted by atomic mass is 10.5. The first-order valence-electron chi connectivity index (χ1n) is 2.34. The van der Waals surface area contributed by atoms with Crippen molar-refractivity contribution >= 4 is 0 Å². The normalized spacial score (nSPS) is 8.12. The van der Waals surface area contributed by atoms with E-state index in [4.69, 9.17) is 10.5 Å². The van der Waals surface area contributed by atoms with Crippen molar-refractivity contribution in [2.75, 3.05) is 6.61 Å².